The molecule has 30 heavy (non-hydrogen) atoms. The summed E-state index contributed by atoms with van der Waals surface area (Å²) in [6.07, 6.45) is 1.19. The van der Waals surface area contributed by atoms with Gasteiger partial charge in [0.25, 0.3) is 11.4 Å². The third-order valence-electron chi connectivity index (χ3n) is 4.21. The van der Waals surface area contributed by atoms with Gasteiger partial charge in [-0.1, -0.05) is 18.2 Å². The normalized spacial score (nSPS) is 11.0. The number of rotatable bonds is 6. The van der Waals surface area contributed by atoms with Crippen molar-refractivity contribution in [3.05, 3.63) is 97.3 Å². The molecule has 3 aromatic rings. The van der Waals surface area contributed by atoms with E-state index in [-0.39, 0.29) is 39.6 Å². The Morgan fingerprint density at radius 3 is 2.50 bits per heavy atom. The topological polar surface area (TPSA) is 140 Å². The maximum atomic E-state index is 12.6. The molecule has 0 spiro atoms. The summed E-state index contributed by atoms with van der Waals surface area (Å²) in [7, 11) is 0. The lowest BCUT2D eigenvalue weighted by Gasteiger charge is -2.01. The minimum absolute atomic E-state index is 0.0158. The first kappa shape index (κ1) is 20.2. The molecule has 0 aliphatic rings. The summed E-state index contributed by atoms with van der Waals surface area (Å²) in [5.41, 5.74) is 0.256. The van der Waals surface area contributed by atoms with Gasteiger partial charge in [-0.3, -0.25) is 25.0 Å². The summed E-state index contributed by atoms with van der Waals surface area (Å²) in [6.45, 7) is 1.73. The molecule has 3 rings (SSSR count). The van der Waals surface area contributed by atoms with Crippen LogP contribution in [0.4, 0.5) is 11.4 Å². The van der Waals surface area contributed by atoms with Gasteiger partial charge in [0.05, 0.1) is 15.4 Å². The fourth-order valence-electron chi connectivity index (χ4n) is 2.78. The van der Waals surface area contributed by atoms with Gasteiger partial charge >= 0.3 is 0 Å². The number of nitrogens with zero attached hydrogens (tertiary/aromatic N) is 3. The van der Waals surface area contributed by atoms with E-state index in [9.17, 15) is 30.3 Å². The van der Waals surface area contributed by atoms with Crippen LogP contribution in [0.5, 0.6) is 0 Å². The van der Waals surface area contributed by atoms with E-state index >= 15 is 0 Å². The summed E-state index contributed by atoms with van der Waals surface area (Å²) < 4.78 is 5.59. The lowest BCUT2D eigenvalue weighted by Crippen LogP contribution is -2.02. The second-order valence-corrected chi connectivity index (χ2v) is 6.29. The Morgan fingerprint density at radius 1 is 1.07 bits per heavy atom. The van der Waals surface area contributed by atoms with Crippen molar-refractivity contribution in [3.8, 4) is 17.4 Å². The van der Waals surface area contributed by atoms with Gasteiger partial charge in [0.1, 0.15) is 23.2 Å². The first-order valence-electron chi connectivity index (χ1n) is 8.56. The Hall–Kier alpha value is -4.58. The summed E-state index contributed by atoms with van der Waals surface area (Å²) in [4.78, 5) is 33.6. The number of allylic oxidation sites excluding steroid dienone is 1. The number of nitriles is 1. The number of hydrogen-bond donors (Lipinski definition) is 0. The van der Waals surface area contributed by atoms with Crippen molar-refractivity contribution >= 4 is 23.2 Å². The van der Waals surface area contributed by atoms with E-state index in [1.165, 1.54) is 42.5 Å². The van der Waals surface area contributed by atoms with Crippen molar-refractivity contribution in [1.29, 1.82) is 5.26 Å². The van der Waals surface area contributed by atoms with Gasteiger partial charge in [-0.25, -0.2) is 0 Å². The van der Waals surface area contributed by atoms with Gasteiger partial charge in [0, 0.05) is 29.8 Å². The van der Waals surface area contributed by atoms with Gasteiger partial charge in [0.2, 0.25) is 5.78 Å². The lowest BCUT2D eigenvalue weighted by molar-refractivity contribution is -0.384. The van der Waals surface area contributed by atoms with Gasteiger partial charge in [-0.05, 0) is 30.7 Å². The molecule has 0 radical (unpaired) electrons. The molecule has 0 bridgehead atoms. The number of nitro benzene ring substituents is 2. The third-order valence-corrected chi connectivity index (χ3v) is 4.21. The molecular formula is C21H13N3O6. The van der Waals surface area contributed by atoms with Crippen LogP contribution in [0.2, 0.25) is 0 Å². The molecule has 1 heterocycles. The average Bonchev–Trinajstić information content (AvgIpc) is 3.19. The van der Waals surface area contributed by atoms with Crippen LogP contribution in [0, 0.1) is 38.5 Å². The number of hydrogen-bond acceptors (Lipinski definition) is 7. The van der Waals surface area contributed by atoms with E-state index in [0.29, 0.717) is 5.56 Å². The van der Waals surface area contributed by atoms with E-state index in [0.717, 1.165) is 6.07 Å². The molecule has 0 aliphatic carbocycles. The maximum absolute atomic E-state index is 12.6. The number of furan rings is 1. The second-order valence-electron chi connectivity index (χ2n) is 6.29. The second kappa shape index (κ2) is 8.20. The van der Waals surface area contributed by atoms with Crippen molar-refractivity contribution in [3.63, 3.8) is 0 Å². The lowest BCUT2D eigenvalue weighted by atomic mass is 10.0. The number of aryl methyl sites for hydroxylation is 1. The van der Waals surface area contributed by atoms with Crippen LogP contribution in [0.15, 0.2) is 64.6 Å². The highest BCUT2D eigenvalue weighted by Crippen LogP contribution is 2.32. The van der Waals surface area contributed by atoms with Crippen LogP contribution < -0.4 is 0 Å². The predicted octanol–water partition coefficient (Wildman–Crippen LogP) is 4.86. The number of non-ortho nitro benzene ring substituents is 1. The quantitative estimate of drug-likeness (QED) is 0.188. The Labute approximate surface area is 169 Å². The Morgan fingerprint density at radius 2 is 1.83 bits per heavy atom. The van der Waals surface area contributed by atoms with Crippen molar-refractivity contribution < 1.29 is 19.1 Å². The average molecular weight is 403 g/mol. The molecule has 148 valence electrons. The zero-order valence-corrected chi connectivity index (χ0v) is 15.6. The molecular weight excluding hydrogens is 390 g/mol. The highest BCUT2D eigenvalue weighted by Gasteiger charge is 2.19. The van der Waals surface area contributed by atoms with E-state index in [2.05, 4.69) is 0 Å². The number of carbonyl (C=O) groups is 1. The first-order chi connectivity index (χ1) is 14.3. The van der Waals surface area contributed by atoms with Crippen LogP contribution in [0.25, 0.3) is 17.4 Å². The summed E-state index contributed by atoms with van der Waals surface area (Å²) in [5, 5.41) is 31.6. The molecule has 9 nitrogen and oxygen atoms in total. The van der Waals surface area contributed by atoms with Crippen molar-refractivity contribution in [2.75, 3.05) is 0 Å². The van der Waals surface area contributed by atoms with Gasteiger partial charge in [0.15, 0.2) is 0 Å². The highest BCUT2D eigenvalue weighted by atomic mass is 16.6. The molecule has 0 aliphatic heterocycles. The molecule has 0 atom stereocenters. The molecule has 0 N–H and O–H groups in total. The molecule has 1 aromatic heterocycles. The highest BCUT2D eigenvalue weighted by molar-refractivity contribution is 6.14. The summed E-state index contributed by atoms with van der Waals surface area (Å²) in [6, 6.07) is 14.4. The van der Waals surface area contributed by atoms with E-state index in [4.69, 9.17) is 4.42 Å². The fourth-order valence-corrected chi connectivity index (χ4v) is 2.78. The molecule has 0 unspecified atom stereocenters. The van der Waals surface area contributed by atoms with Gasteiger partial charge in [-0.15, -0.1) is 0 Å². The van der Waals surface area contributed by atoms with Crippen molar-refractivity contribution in [2.45, 2.75) is 6.92 Å². The molecule has 2 aromatic carbocycles. The number of benzene rings is 2. The largest absolute Gasteiger partial charge is 0.456 e. The number of Topliss-reactive ketones (excluding diaryl/α,β-unsaturated/α-hetero) is 1. The Kier molecular flexibility index (Phi) is 5.51. The predicted molar refractivity (Wildman–Crippen MR) is 107 cm³/mol. The Bertz CT molecular complexity index is 1250. The van der Waals surface area contributed by atoms with E-state index in [1.807, 2.05) is 0 Å². The Balaban J connectivity index is 1.96. The standard InChI is InChI=1S/C21H13N3O6/c1-13-5-7-18(19(9-13)24(28)29)20-8-6-17(30-20)11-15(12-22)21(25)14-3-2-4-16(10-14)23(26)27/h2-11H,1H3/b15-11+. The van der Waals surface area contributed by atoms with E-state index < -0.39 is 15.6 Å². The van der Waals surface area contributed by atoms with Crippen LogP contribution in [-0.4, -0.2) is 15.6 Å². The monoisotopic (exact) mass is 403 g/mol. The van der Waals surface area contributed by atoms with Gasteiger partial charge < -0.3 is 4.42 Å². The van der Waals surface area contributed by atoms with Crippen molar-refractivity contribution in [2.24, 2.45) is 0 Å². The molecule has 9 heteroatoms. The summed E-state index contributed by atoms with van der Waals surface area (Å²) >= 11 is 0. The van der Waals surface area contributed by atoms with Gasteiger partial charge in [-0.2, -0.15) is 5.26 Å². The summed E-state index contributed by atoms with van der Waals surface area (Å²) in [5.74, 6) is -0.372. The first-order valence-corrected chi connectivity index (χ1v) is 8.56. The zero-order valence-electron chi connectivity index (χ0n) is 15.6. The molecule has 0 saturated carbocycles. The molecule has 0 saturated heterocycles. The zero-order chi connectivity index (χ0) is 21.8. The van der Waals surface area contributed by atoms with Crippen LogP contribution >= 0.6 is 0 Å². The smallest absolute Gasteiger partial charge is 0.280 e. The van der Waals surface area contributed by atoms with Crippen LogP contribution in [-0.2, 0) is 0 Å². The maximum Gasteiger partial charge on any atom is 0.280 e. The number of carbonyl (C=O) groups excluding carboxylic acids is 1. The fraction of sp³-hybridized carbons (Fsp3) is 0.0476. The SMILES string of the molecule is Cc1ccc(-c2ccc(/C=C(\C#N)C(=O)c3cccc([N+](=O)[O-])c3)o2)c([N+](=O)[O-])c1. The van der Waals surface area contributed by atoms with E-state index in [1.54, 1.807) is 25.1 Å². The minimum Gasteiger partial charge on any atom is -0.456 e. The van der Waals surface area contributed by atoms with Crippen LogP contribution in [0.3, 0.4) is 0 Å². The molecule has 0 fully saturated rings. The molecule has 0 amide bonds. The third kappa shape index (κ3) is 4.13. The van der Waals surface area contributed by atoms with Crippen molar-refractivity contribution in [1.82, 2.24) is 0 Å². The number of ketones is 1. The van der Waals surface area contributed by atoms with Crippen LogP contribution in [0.1, 0.15) is 21.7 Å². The number of nitro groups is 2. The minimum atomic E-state index is -0.708.